The second-order valence-corrected chi connectivity index (χ2v) is 9.45. The summed E-state index contributed by atoms with van der Waals surface area (Å²) in [4.78, 5) is 18.3. The van der Waals surface area contributed by atoms with E-state index in [0.29, 0.717) is 35.2 Å². The van der Waals surface area contributed by atoms with Crippen LogP contribution in [0.3, 0.4) is 0 Å². The third-order valence-corrected chi connectivity index (χ3v) is 6.75. The van der Waals surface area contributed by atoms with Gasteiger partial charge < -0.3 is 10.2 Å². The van der Waals surface area contributed by atoms with Crippen LogP contribution in [-0.2, 0) is 10.5 Å². The number of nitrogens with zero attached hydrogens (tertiary/aromatic N) is 2. The monoisotopic (exact) mass is 487 g/mol. The lowest BCUT2D eigenvalue weighted by Gasteiger charge is -2.37. The smallest absolute Gasteiger partial charge is 0.266 e. The van der Waals surface area contributed by atoms with Gasteiger partial charge in [0.25, 0.3) is 6.43 Å². The molecule has 0 unspecified atom stereocenters. The number of nitrogens with one attached hydrogen (secondary N) is 1. The first kappa shape index (κ1) is 24.9. The Morgan fingerprint density at radius 2 is 1.74 bits per heavy atom. The van der Waals surface area contributed by atoms with Gasteiger partial charge in [-0.1, -0.05) is 38.1 Å². The summed E-state index contributed by atoms with van der Waals surface area (Å²) in [5.74, 6) is -1.04. The van der Waals surface area contributed by atoms with E-state index >= 15 is 4.39 Å². The molecule has 8 heteroatoms. The van der Waals surface area contributed by atoms with Gasteiger partial charge in [-0.2, -0.15) is 0 Å². The van der Waals surface area contributed by atoms with Crippen LogP contribution in [0.25, 0.3) is 10.9 Å². The zero-order valence-corrected chi connectivity index (χ0v) is 20.0. The molecule has 0 spiro atoms. The van der Waals surface area contributed by atoms with Crippen molar-refractivity contribution in [3.8, 4) is 0 Å². The molecule has 1 aliphatic heterocycles. The van der Waals surface area contributed by atoms with E-state index in [1.54, 1.807) is 42.3 Å². The Morgan fingerprint density at radius 1 is 1.06 bits per heavy atom. The largest absolute Gasteiger partial charge is 0.378 e. The fourth-order valence-corrected chi connectivity index (χ4v) is 4.67. The number of piperidine rings is 1. The Morgan fingerprint density at radius 3 is 2.40 bits per heavy atom. The number of aromatic nitrogens is 1. The third-order valence-electron chi connectivity index (χ3n) is 6.75. The maximum atomic E-state index is 16.0. The zero-order chi connectivity index (χ0) is 25.3. The van der Waals surface area contributed by atoms with E-state index in [1.807, 2.05) is 13.8 Å². The standard InChI is InChI=1S/C27H29F4N3O/c1-16(2)26(35)34-13-10-27(31,11-14-34)18-7-8-22-21(15-18)23(9-12-32-22)33-17(3)19-5-4-6-20(24(19)28)25(29)30/h4-9,12,15-17,25H,10-11,13-14H2,1-3H3,(H,32,33)/t17-/m1/s1. The van der Waals surface area contributed by atoms with Crippen molar-refractivity contribution < 1.29 is 22.4 Å². The molecular formula is C27H29F4N3O. The lowest BCUT2D eigenvalue weighted by Crippen LogP contribution is -2.44. The van der Waals surface area contributed by atoms with Crippen molar-refractivity contribution >= 4 is 22.5 Å². The van der Waals surface area contributed by atoms with E-state index < -0.39 is 29.5 Å². The highest BCUT2D eigenvalue weighted by atomic mass is 19.3. The molecule has 0 bridgehead atoms. The van der Waals surface area contributed by atoms with Gasteiger partial charge in [0, 0.05) is 54.7 Å². The molecular weight excluding hydrogens is 458 g/mol. The van der Waals surface area contributed by atoms with E-state index in [2.05, 4.69) is 10.3 Å². The van der Waals surface area contributed by atoms with Crippen molar-refractivity contribution in [2.24, 2.45) is 5.92 Å². The van der Waals surface area contributed by atoms with Gasteiger partial charge in [0.05, 0.1) is 17.1 Å². The molecule has 4 nitrogen and oxygen atoms in total. The summed E-state index contributed by atoms with van der Waals surface area (Å²) in [5.41, 5.74) is -0.381. The molecule has 1 fully saturated rings. The summed E-state index contributed by atoms with van der Waals surface area (Å²) in [6, 6.07) is 10.2. The predicted molar refractivity (Wildman–Crippen MR) is 129 cm³/mol. The van der Waals surface area contributed by atoms with Gasteiger partial charge in [0.1, 0.15) is 11.5 Å². The predicted octanol–water partition coefficient (Wildman–Crippen LogP) is 6.93. The summed E-state index contributed by atoms with van der Waals surface area (Å²) in [7, 11) is 0. The average molecular weight is 488 g/mol. The quantitative estimate of drug-likeness (QED) is 0.384. The number of fused-ring (bicyclic) bond motifs is 1. The number of likely N-dealkylation sites (tertiary alicyclic amines) is 1. The van der Waals surface area contributed by atoms with Crippen LogP contribution in [0, 0.1) is 11.7 Å². The highest BCUT2D eigenvalue weighted by Gasteiger charge is 2.38. The van der Waals surface area contributed by atoms with E-state index in [4.69, 9.17) is 0 Å². The normalized spacial score (nSPS) is 16.7. The Hall–Kier alpha value is -3.16. The van der Waals surface area contributed by atoms with Crippen LogP contribution in [0.4, 0.5) is 23.2 Å². The van der Waals surface area contributed by atoms with Crippen LogP contribution >= 0.6 is 0 Å². The Labute approximate surface area is 202 Å². The third kappa shape index (κ3) is 4.97. The minimum absolute atomic E-state index is 0.0263. The topological polar surface area (TPSA) is 45.2 Å². The van der Waals surface area contributed by atoms with Crippen LogP contribution in [0.15, 0.2) is 48.7 Å². The molecule has 1 saturated heterocycles. The van der Waals surface area contributed by atoms with Crippen molar-refractivity contribution in [2.75, 3.05) is 18.4 Å². The molecule has 35 heavy (non-hydrogen) atoms. The summed E-state index contributed by atoms with van der Waals surface area (Å²) < 4.78 is 57.0. The van der Waals surface area contributed by atoms with E-state index in [9.17, 15) is 18.0 Å². The van der Waals surface area contributed by atoms with E-state index in [1.165, 1.54) is 12.1 Å². The second kappa shape index (κ2) is 9.84. The number of benzene rings is 2. The lowest BCUT2D eigenvalue weighted by molar-refractivity contribution is -0.137. The summed E-state index contributed by atoms with van der Waals surface area (Å²) in [6.45, 7) is 6.05. The number of carbonyl (C=O) groups is 1. The first-order chi connectivity index (χ1) is 16.6. The molecule has 1 atom stereocenters. The molecule has 0 radical (unpaired) electrons. The number of halogens is 4. The van der Waals surface area contributed by atoms with Crippen LogP contribution in [0.2, 0.25) is 0 Å². The molecule has 3 aromatic rings. The Kier molecular flexibility index (Phi) is 7.01. The van der Waals surface area contributed by atoms with Crippen molar-refractivity contribution in [2.45, 2.75) is 51.7 Å². The minimum Gasteiger partial charge on any atom is -0.378 e. The molecule has 0 saturated carbocycles. The van der Waals surface area contributed by atoms with Crippen molar-refractivity contribution in [3.05, 3.63) is 71.2 Å². The van der Waals surface area contributed by atoms with Gasteiger partial charge in [-0.15, -0.1) is 0 Å². The lowest BCUT2D eigenvalue weighted by atomic mass is 9.85. The van der Waals surface area contributed by atoms with E-state index in [0.717, 1.165) is 6.07 Å². The highest BCUT2D eigenvalue weighted by molar-refractivity contribution is 5.91. The summed E-state index contributed by atoms with van der Waals surface area (Å²) in [5, 5.41) is 3.84. The van der Waals surface area contributed by atoms with Crippen LogP contribution in [0.5, 0.6) is 0 Å². The average Bonchev–Trinajstić information content (AvgIpc) is 2.83. The van der Waals surface area contributed by atoms with Crippen LogP contribution in [0.1, 0.15) is 62.8 Å². The number of carbonyl (C=O) groups excluding carboxylic acids is 1. The molecule has 2 aromatic carbocycles. The minimum atomic E-state index is -2.91. The summed E-state index contributed by atoms with van der Waals surface area (Å²) in [6.07, 6.45) is -0.927. The van der Waals surface area contributed by atoms with Gasteiger partial charge in [-0.05, 0) is 30.7 Å². The fourth-order valence-electron chi connectivity index (χ4n) is 4.67. The van der Waals surface area contributed by atoms with Crippen LogP contribution < -0.4 is 5.32 Å². The number of rotatable bonds is 6. The van der Waals surface area contributed by atoms with Gasteiger partial charge >= 0.3 is 0 Å². The molecule has 1 aromatic heterocycles. The maximum Gasteiger partial charge on any atom is 0.266 e. The van der Waals surface area contributed by atoms with Crippen LogP contribution in [-0.4, -0.2) is 28.9 Å². The number of alkyl halides is 3. The molecule has 1 amide bonds. The van der Waals surface area contributed by atoms with Gasteiger partial charge in [0.15, 0.2) is 0 Å². The highest BCUT2D eigenvalue weighted by Crippen LogP contribution is 2.39. The Bertz CT molecular complexity index is 1220. The van der Waals surface area contributed by atoms with Gasteiger partial charge in [-0.3, -0.25) is 9.78 Å². The maximum absolute atomic E-state index is 16.0. The van der Waals surface area contributed by atoms with Crippen molar-refractivity contribution in [3.63, 3.8) is 0 Å². The van der Waals surface area contributed by atoms with Crippen molar-refractivity contribution in [1.82, 2.24) is 9.88 Å². The number of amides is 1. The second-order valence-electron chi connectivity index (χ2n) is 9.45. The van der Waals surface area contributed by atoms with Crippen molar-refractivity contribution in [1.29, 1.82) is 0 Å². The molecule has 1 aliphatic rings. The first-order valence-electron chi connectivity index (χ1n) is 11.8. The number of hydrogen-bond donors (Lipinski definition) is 1. The molecule has 0 aliphatic carbocycles. The van der Waals surface area contributed by atoms with Gasteiger partial charge in [0.2, 0.25) is 5.91 Å². The van der Waals surface area contributed by atoms with E-state index in [-0.39, 0.29) is 30.2 Å². The molecule has 1 N–H and O–H groups in total. The summed E-state index contributed by atoms with van der Waals surface area (Å²) >= 11 is 0. The first-order valence-corrected chi connectivity index (χ1v) is 11.8. The molecule has 2 heterocycles. The SMILES string of the molecule is CC(C)C(=O)N1CCC(F)(c2ccc3nccc(N[C@H](C)c4cccc(C(F)F)c4F)c3c2)CC1. The van der Waals surface area contributed by atoms with Gasteiger partial charge in [-0.25, -0.2) is 17.6 Å². The fraction of sp³-hybridized carbons (Fsp3) is 0.407. The molecule has 186 valence electrons. The Balaban J connectivity index is 1.61. The molecule has 4 rings (SSSR count). The number of pyridine rings is 1. The number of anilines is 1. The number of hydrogen-bond acceptors (Lipinski definition) is 3. The zero-order valence-electron chi connectivity index (χ0n) is 20.0.